The summed E-state index contributed by atoms with van der Waals surface area (Å²) in [5, 5.41) is 0.417. The molecular weight excluding hydrogens is 95.0 g/mol. The molecule has 0 fully saturated rings. The van der Waals surface area contributed by atoms with E-state index in [0.717, 1.165) is 0 Å². The Morgan fingerprint density at radius 2 is 1.17 bits per heavy atom. The van der Waals surface area contributed by atoms with Crippen LogP contribution in [0.25, 0.3) is 0 Å². The predicted molar refractivity (Wildman–Crippen MR) is 33.1 cm³/mol. The van der Waals surface area contributed by atoms with Crippen LogP contribution < -0.4 is 0 Å². The van der Waals surface area contributed by atoms with Gasteiger partial charge in [0, 0.05) is 0 Å². The molecule has 1 nitrogen and oxygen atoms in total. The van der Waals surface area contributed by atoms with Crippen LogP contribution in [-0.4, -0.2) is 10.6 Å². The van der Waals surface area contributed by atoms with Gasteiger partial charge >= 0.3 is 0 Å². The van der Waals surface area contributed by atoms with Gasteiger partial charge in [-0.25, -0.2) is 0 Å². The molecule has 40 valence electrons. The third kappa shape index (κ3) is 332. The van der Waals surface area contributed by atoms with Gasteiger partial charge in [0.15, 0.2) is 0 Å². The summed E-state index contributed by atoms with van der Waals surface area (Å²) < 4.78 is 0. The number of hydrogen-bond acceptors (Lipinski definition) is 0. The van der Waals surface area contributed by atoms with Crippen LogP contribution in [0.4, 0.5) is 0 Å². The smallest absolute Gasteiger partial charge is 0.0235 e. The molecule has 2 heteroatoms. The molecule has 0 aliphatic carbocycles. The lowest BCUT2D eigenvalue weighted by atomic mass is 10.3. The summed E-state index contributed by atoms with van der Waals surface area (Å²) in [4.78, 5) is 0. The van der Waals surface area contributed by atoms with Crippen molar-refractivity contribution >= 4 is 9.24 Å². The Kier molecular flexibility index (Phi) is 4.08. The van der Waals surface area contributed by atoms with Crippen LogP contribution in [0.3, 0.4) is 0 Å². The second-order valence-electron chi connectivity index (χ2n) is 2.37. The lowest BCUT2D eigenvalue weighted by Gasteiger charge is -2.05. The van der Waals surface area contributed by atoms with Crippen molar-refractivity contribution in [2.24, 2.45) is 0 Å². The van der Waals surface area contributed by atoms with Crippen molar-refractivity contribution in [2.75, 3.05) is 0 Å². The highest BCUT2D eigenvalue weighted by Gasteiger charge is 1.95. The van der Waals surface area contributed by atoms with Crippen LogP contribution in [-0.2, 0) is 0 Å². The predicted octanol–water partition coefficient (Wildman–Crippen LogP) is 0.835. The van der Waals surface area contributed by atoms with Gasteiger partial charge in [-0.1, -0.05) is 20.8 Å². The van der Waals surface area contributed by atoms with Crippen LogP contribution in [0.15, 0.2) is 0 Å². The minimum atomic E-state index is 0. The van der Waals surface area contributed by atoms with E-state index in [2.05, 4.69) is 30.0 Å². The molecule has 1 unspecified atom stereocenters. The lowest BCUT2D eigenvalue weighted by Crippen LogP contribution is -1.97. The van der Waals surface area contributed by atoms with Crippen molar-refractivity contribution in [2.45, 2.75) is 25.9 Å². The molecule has 0 aromatic heterocycles. The molecule has 0 aromatic carbocycles. The van der Waals surface area contributed by atoms with E-state index in [1.807, 2.05) is 0 Å². The van der Waals surface area contributed by atoms with E-state index in [4.69, 9.17) is 0 Å². The molecule has 0 saturated heterocycles. The van der Waals surface area contributed by atoms with Crippen LogP contribution >= 0.6 is 9.24 Å². The highest BCUT2D eigenvalue weighted by molar-refractivity contribution is 7.18. The van der Waals surface area contributed by atoms with E-state index in [1.54, 1.807) is 0 Å². The zero-order valence-corrected chi connectivity index (χ0v) is 5.73. The molecule has 0 amide bonds. The van der Waals surface area contributed by atoms with Gasteiger partial charge in [0.2, 0.25) is 0 Å². The van der Waals surface area contributed by atoms with Crippen molar-refractivity contribution in [3.05, 3.63) is 0 Å². The van der Waals surface area contributed by atoms with Crippen molar-refractivity contribution in [3.63, 3.8) is 0 Å². The van der Waals surface area contributed by atoms with Gasteiger partial charge < -0.3 is 5.48 Å². The van der Waals surface area contributed by atoms with Crippen LogP contribution in [0.1, 0.15) is 20.8 Å². The molecule has 2 N–H and O–H groups in total. The summed E-state index contributed by atoms with van der Waals surface area (Å²) in [5.41, 5.74) is 0. The largest absolute Gasteiger partial charge is 0.412 e. The highest BCUT2D eigenvalue weighted by Crippen LogP contribution is 2.12. The monoisotopic (exact) mass is 108 g/mol. The van der Waals surface area contributed by atoms with E-state index < -0.39 is 0 Å². The molecule has 0 heterocycles. The maximum absolute atomic E-state index is 2.72. The maximum Gasteiger partial charge on any atom is -0.0235 e. The molecule has 0 bridgehead atoms. The Balaban J connectivity index is 0. The van der Waals surface area contributed by atoms with Gasteiger partial charge in [0.1, 0.15) is 0 Å². The van der Waals surface area contributed by atoms with Crippen molar-refractivity contribution in [3.8, 4) is 0 Å². The van der Waals surface area contributed by atoms with Gasteiger partial charge in [-0.15, -0.1) is 9.24 Å². The van der Waals surface area contributed by atoms with E-state index in [0.29, 0.717) is 5.16 Å². The third-order valence-electron chi connectivity index (χ3n) is 0. The molecule has 0 spiro atoms. The summed E-state index contributed by atoms with van der Waals surface area (Å²) in [6.07, 6.45) is 0. The summed E-state index contributed by atoms with van der Waals surface area (Å²) in [7, 11) is 2.72. The standard InChI is InChI=1S/C4H11P.H2O/c1-4(2,3)5;/h5H2,1-3H3;1H2. The number of hydrogen-bond donors (Lipinski definition) is 0. The van der Waals surface area contributed by atoms with E-state index in [1.165, 1.54) is 0 Å². The first kappa shape index (κ1) is 9.63. The van der Waals surface area contributed by atoms with E-state index >= 15 is 0 Å². The quantitative estimate of drug-likeness (QED) is 0.412. The van der Waals surface area contributed by atoms with Crippen molar-refractivity contribution < 1.29 is 5.48 Å². The Morgan fingerprint density at radius 1 is 1.17 bits per heavy atom. The van der Waals surface area contributed by atoms with Crippen LogP contribution in [0, 0.1) is 0 Å². The van der Waals surface area contributed by atoms with E-state index in [9.17, 15) is 0 Å². The molecule has 6 heavy (non-hydrogen) atoms. The molecule has 0 rings (SSSR count). The van der Waals surface area contributed by atoms with Crippen molar-refractivity contribution in [1.82, 2.24) is 0 Å². The molecule has 0 aromatic rings. The van der Waals surface area contributed by atoms with Crippen LogP contribution in [0.5, 0.6) is 0 Å². The fraction of sp³-hybridized carbons (Fsp3) is 1.00. The fourth-order valence-corrected chi connectivity index (χ4v) is 0. The van der Waals surface area contributed by atoms with Crippen LogP contribution in [0.2, 0.25) is 0 Å². The second kappa shape index (κ2) is 2.54. The van der Waals surface area contributed by atoms with Crippen molar-refractivity contribution in [1.29, 1.82) is 0 Å². The molecule has 0 aliphatic heterocycles. The Morgan fingerprint density at radius 3 is 1.17 bits per heavy atom. The normalized spacial score (nSPS) is 10.0. The molecule has 0 saturated carbocycles. The maximum atomic E-state index is 2.72. The lowest BCUT2D eigenvalue weighted by molar-refractivity contribution is 0.804. The minimum absolute atomic E-state index is 0. The van der Waals surface area contributed by atoms with Gasteiger partial charge in [0.25, 0.3) is 0 Å². The summed E-state index contributed by atoms with van der Waals surface area (Å²) in [6, 6.07) is 0. The number of rotatable bonds is 0. The van der Waals surface area contributed by atoms with E-state index in [-0.39, 0.29) is 5.48 Å². The molecule has 0 radical (unpaired) electrons. The Labute approximate surface area is 41.6 Å². The summed E-state index contributed by atoms with van der Waals surface area (Å²) in [6.45, 7) is 6.45. The third-order valence-corrected chi connectivity index (χ3v) is 0. The molecule has 1 atom stereocenters. The zero-order chi connectivity index (χ0) is 4.50. The first-order valence-electron chi connectivity index (χ1n) is 1.79. The molecule has 0 aliphatic rings. The zero-order valence-electron chi connectivity index (χ0n) is 4.58. The Bertz CT molecular complexity index is 23.0. The van der Waals surface area contributed by atoms with Gasteiger partial charge in [-0.05, 0) is 5.16 Å². The summed E-state index contributed by atoms with van der Waals surface area (Å²) >= 11 is 0. The average molecular weight is 108 g/mol. The topological polar surface area (TPSA) is 31.5 Å². The Hall–Kier alpha value is 0.390. The average Bonchev–Trinajstić information content (AvgIpc) is 0.722. The van der Waals surface area contributed by atoms with Gasteiger partial charge in [-0.3, -0.25) is 0 Å². The van der Waals surface area contributed by atoms with Gasteiger partial charge in [-0.2, -0.15) is 0 Å². The fourth-order valence-electron chi connectivity index (χ4n) is 0. The second-order valence-corrected chi connectivity index (χ2v) is 4.10. The minimum Gasteiger partial charge on any atom is -0.412 e. The first-order valence-corrected chi connectivity index (χ1v) is 2.37. The molecular formula is C4H13OP. The van der Waals surface area contributed by atoms with Gasteiger partial charge in [0.05, 0.1) is 0 Å². The first-order chi connectivity index (χ1) is 2.00. The SMILES string of the molecule is CC(C)(C)P.O. The highest BCUT2D eigenvalue weighted by atomic mass is 31.0. The summed E-state index contributed by atoms with van der Waals surface area (Å²) in [5.74, 6) is 0.